The van der Waals surface area contributed by atoms with Crippen molar-refractivity contribution in [2.45, 2.75) is 13.5 Å². The highest BCUT2D eigenvalue weighted by Gasteiger charge is 2.18. The predicted octanol–water partition coefficient (Wildman–Crippen LogP) is 4.95. The standard InChI is InChI=1S/C26H22N8OS/c1-14(35)20-4-5-21(36-20)18-6-7-28-25-22(18)30-26(31-25)23-19-9-17(12-29-24(19)33-32-23)16-8-15(10-27-11-16)13-34(2)3/h4-12H,13H2,1-3H3,(H,28,30,31)(H,29,32,33). The quantitative estimate of drug-likeness (QED) is 0.315. The third kappa shape index (κ3) is 3.96. The maximum atomic E-state index is 11.8. The van der Waals surface area contributed by atoms with E-state index in [0.717, 1.165) is 44.6 Å². The van der Waals surface area contributed by atoms with Crippen molar-refractivity contribution in [1.29, 1.82) is 0 Å². The summed E-state index contributed by atoms with van der Waals surface area (Å²) in [6.45, 7) is 2.38. The van der Waals surface area contributed by atoms with Gasteiger partial charge in [-0.05, 0) is 56.9 Å². The van der Waals surface area contributed by atoms with Crippen LogP contribution >= 0.6 is 11.3 Å². The van der Waals surface area contributed by atoms with Crippen LogP contribution in [-0.4, -0.2) is 59.9 Å². The number of aromatic nitrogens is 7. The Balaban J connectivity index is 1.43. The van der Waals surface area contributed by atoms with Crippen LogP contribution in [0.3, 0.4) is 0 Å². The topological polar surface area (TPSA) is 116 Å². The molecule has 0 spiro atoms. The summed E-state index contributed by atoms with van der Waals surface area (Å²) in [7, 11) is 4.07. The number of thiophene rings is 1. The van der Waals surface area contributed by atoms with Crippen molar-refractivity contribution < 1.29 is 4.79 Å². The minimum Gasteiger partial charge on any atom is -0.321 e. The second-order valence-corrected chi connectivity index (χ2v) is 9.96. The predicted molar refractivity (Wildman–Crippen MR) is 141 cm³/mol. The molecular formula is C26H22N8OS. The first-order valence-corrected chi connectivity index (χ1v) is 12.2. The minimum atomic E-state index is 0.0491. The summed E-state index contributed by atoms with van der Waals surface area (Å²) in [5, 5.41) is 8.37. The van der Waals surface area contributed by atoms with Gasteiger partial charge in [0.2, 0.25) is 0 Å². The normalized spacial score (nSPS) is 11.7. The van der Waals surface area contributed by atoms with Crippen molar-refractivity contribution in [2.75, 3.05) is 14.1 Å². The first-order valence-electron chi connectivity index (χ1n) is 11.4. The fourth-order valence-electron chi connectivity index (χ4n) is 4.23. The van der Waals surface area contributed by atoms with Gasteiger partial charge in [-0.25, -0.2) is 15.0 Å². The van der Waals surface area contributed by atoms with Crippen LogP contribution in [0.1, 0.15) is 22.2 Å². The van der Waals surface area contributed by atoms with Crippen molar-refractivity contribution in [2.24, 2.45) is 0 Å². The summed E-state index contributed by atoms with van der Waals surface area (Å²) in [5.74, 6) is 0.644. The Morgan fingerprint density at radius 1 is 1.03 bits per heavy atom. The zero-order valence-electron chi connectivity index (χ0n) is 19.9. The summed E-state index contributed by atoms with van der Waals surface area (Å²) < 4.78 is 0. The van der Waals surface area contributed by atoms with Gasteiger partial charge < -0.3 is 9.88 Å². The summed E-state index contributed by atoms with van der Waals surface area (Å²) in [6.07, 6.45) is 7.28. The lowest BCUT2D eigenvalue weighted by Gasteiger charge is -2.10. The number of carbonyl (C=O) groups is 1. The van der Waals surface area contributed by atoms with Gasteiger partial charge in [0.05, 0.1) is 10.3 Å². The SMILES string of the molecule is CC(=O)c1ccc(-c2ccnc3[nH]c(-c4n[nH]c5ncc(-c6cncc(CN(C)C)c6)cc45)nc23)s1. The monoisotopic (exact) mass is 494 g/mol. The number of fused-ring (bicyclic) bond motifs is 2. The molecule has 6 heterocycles. The highest BCUT2D eigenvalue weighted by Crippen LogP contribution is 2.34. The third-order valence-corrected chi connectivity index (χ3v) is 7.09. The molecule has 6 rings (SSSR count). The van der Waals surface area contributed by atoms with E-state index in [1.54, 1.807) is 13.1 Å². The molecule has 36 heavy (non-hydrogen) atoms. The second-order valence-electron chi connectivity index (χ2n) is 8.87. The second kappa shape index (κ2) is 8.74. The molecule has 0 saturated heterocycles. The fraction of sp³-hybridized carbons (Fsp3) is 0.154. The van der Waals surface area contributed by atoms with Crippen molar-refractivity contribution in [3.05, 3.63) is 65.6 Å². The molecule has 0 saturated carbocycles. The Morgan fingerprint density at radius 2 is 1.89 bits per heavy atom. The van der Waals surface area contributed by atoms with Crippen LogP contribution in [0, 0.1) is 0 Å². The molecule has 10 heteroatoms. The van der Waals surface area contributed by atoms with E-state index in [-0.39, 0.29) is 5.78 Å². The number of H-pyrrole nitrogens is 2. The van der Waals surface area contributed by atoms with Crippen LogP contribution in [0.25, 0.3) is 55.3 Å². The van der Waals surface area contributed by atoms with Gasteiger partial charge in [0, 0.05) is 52.9 Å². The molecular weight excluding hydrogens is 472 g/mol. The number of rotatable bonds is 6. The molecule has 2 N–H and O–H groups in total. The molecule has 0 fully saturated rings. The van der Waals surface area contributed by atoms with Gasteiger partial charge in [-0.15, -0.1) is 11.3 Å². The maximum Gasteiger partial charge on any atom is 0.169 e. The van der Waals surface area contributed by atoms with Crippen LogP contribution in [0.2, 0.25) is 0 Å². The van der Waals surface area contributed by atoms with Crippen LogP contribution in [-0.2, 0) is 6.54 Å². The highest BCUT2D eigenvalue weighted by atomic mass is 32.1. The fourth-order valence-corrected chi connectivity index (χ4v) is 5.16. The van der Waals surface area contributed by atoms with E-state index in [1.165, 1.54) is 11.3 Å². The van der Waals surface area contributed by atoms with E-state index >= 15 is 0 Å². The molecule has 6 aromatic rings. The number of nitrogens with one attached hydrogen (secondary N) is 2. The zero-order chi connectivity index (χ0) is 24.8. The molecule has 0 atom stereocenters. The smallest absolute Gasteiger partial charge is 0.169 e. The molecule has 0 aromatic carbocycles. The molecule has 0 aliphatic rings. The zero-order valence-corrected chi connectivity index (χ0v) is 20.7. The average Bonchev–Trinajstić information content (AvgIpc) is 3.60. The number of nitrogens with zero attached hydrogens (tertiary/aromatic N) is 6. The van der Waals surface area contributed by atoms with Crippen LogP contribution in [0.15, 0.2) is 55.1 Å². The largest absolute Gasteiger partial charge is 0.321 e. The van der Waals surface area contributed by atoms with Gasteiger partial charge >= 0.3 is 0 Å². The molecule has 0 aliphatic heterocycles. The van der Waals surface area contributed by atoms with Gasteiger partial charge in [-0.2, -0.15) is 5.10 Å². The van der Waals surface area contributed by atoms with Crippen molar-refractivity contribution in [1.82, 2.24) is 40.0 Å². The van der Waals surface area contributed by atoms with Crippen molar-refractivity contribution in [3.63, 3.8) is 0 Å². The number of imidazole rings is 1. The Hall–Kier alpha value is -4.28. The first-order chi connectivity index (χ1) is 17.5. The lowest BCUT2D eigenvalue weighted by molar-refractivity contribution is 0.102. The van der Waals surface area contributed by atoms with E-state index < -0.39 is 0 Å². The highest BCUT2D eigenvalue weighted by molar-refractivity contribution is 7.17. The van der Waals surface area contributed by atoms with Gasteiger partial charge in [-0.1, -0.05) is 0 Å². The lowest BCUT2D eigenvalue weighted by atomic mass is 10.1. The number of ketones is 1. The molecule has 6 aromatic heterocycles. The van der Waals surface area contributed by atoms with Gasteiger partial charge in [0.15, 0.2) is 22.9 Å². The van der Waals surface area contributed by atoms with E-state index in [2.05, 4.69) is 47.2 Å². The summed E-state index contributed by atoms with van der Waals surface area (Å²) >= 11 is 1.45. The average molecular weight is 495 g/mol. The van der Waals surface area contributed by atoms with Crippen LogP contribution < -0.4 is 0 Å². The van der Waals surface area contributed by atoms with Crippen LogP contribution in [0.5, 0.6) is 0 Å². The molecule has 0 amide bonds. The van der Waals surface area contributed by atoms with E-state index in [0.29, 0.717) is 27.7 Å². The van der Waals surface area contributed by atoms with E-state index in [4.69, 9.17) is 4.98 Å². The number of Topliss-reactive ketones (excluding diaryl/α,β-unsaturated/α-hetero) is 1. The molecule has 0 radical (unpaired) electrons. The molecule has 0 unspecified atom stereocenters. The minimum absolute atomic E-state index is 0.0491. The molecule has 178 valence electrons. The summed E-state index contributed by atoms with van der Waals surface area (Å²) in [5.41, 5.74) is 6.70. The summed E-state index contributed by atoms with van der Waals surface area (Å²) in [6, 6.07) is 9.89. The van der Waals surface area contributed by atoms with E-state index in [9.17, 15) is 4.79 Å². The Kier molecular flexibility index (Phi) is 5.39. The molecule has 9 nitrogen and oxygen atoms in total. The van der Waals surface area contributed by atoms with E-state index in [1.807, 2.05) is 50.9 Å². The van der Waals surface area contributed by atoms with Gasteiger partial charge in [-0.3, -0.25) is 14.9 Å². The van der Waals surface area contributed by atoms with Crippen molar-refractivity contribution in [3.8, 4) is 33.1 Å². The summed E-state index contributed by atoms with van der Waals surface area (Å²) in [4.78, 5) is 37.2. The Bertz CT molecular complexity index is 1750. The number of carbonyl (C=O) groups excluding carboxylic acids is 1. The number of hydrogen-bond donors (Lipinski definition) is 2. The van der Waals surface area contributed by atoms with Crippen molar-refractivity contribution >= 4 is 39.3 Å². The number of hydrogen-bond acceptors (Lipinski definition) is 8. The number of aromatic amines is 2. The van der Waals surface area contributed by atoms with Crippen LogP contribution in [0.4, 0.5) is 0 Å². The first kappa shape index (κ1) is 22.2. The maximum absolute atomic E-state index is 11.8. The van der Waals surface area contributed by atoms with Gasteiger partial charge in [0.25, 0.3) is 0 Å². The Morgan fingerprint density at radius 3 is 2.69 bits per heavy atom. The molecule has 0 aliphatic carbocycles. The molecule has 0 bridgehead atoms. The number of pyridine rings is 3. The van der Waals surface area contributed by atoms with Gasteiger partial charge in [0.1, 0.15) is 11.2 Å². The lowest BCUT2D eigenvalue weighted by Crippen LogP contribution is -2.10. The Labute approximate surface area is 210 Å². The third-order valence-electron chi connectivity index (χ3n) is 5.87.